The highest BCUT2D eigenvalue weighted by Gasteiger charge is 2.27. The summed E-state index contributed by atoms with van der Waals surface area (Å²) in [7, 11) is 0. The van der Waals surface area contributed by atoms with Crippen molar-refractivity contribution in [1.29, 1.82) is 0 Å². The van der Waals surface area contributed by atoms with Gasteiger partial charge in [-0.1, -0.05) is 18.2 Å². The molecule has 1 heterocycles. The molecule has 2 atom stereocenters. The molecule has 1 unspecified atom stereocenters. The smallest absolute Gasteiger partial charge is 0.0655 e. The largest absolute Gasteiger partial charge is 0.279 e. The Morgan fingerprint density at radius 2 is 1.93 bits per heavy atom. The van der Waals surface area contributed by atoms with Crippen LogP contribution in [0.5, 0.6) is 0 Å². The lowest BCUT2D eigenvalue weighted by Gasteiger charge is -2.17. The Balaban J connectivity index is 2.36. The molecule has 0 aromatic heterocycles. The molecule has 1 aliphatic heterocycles. The van der Waals surface area contributed by atoms with E-state index in [1.807, 2.05) is 11.8 Å². The summed E-state index contributed by atoms with van der Waals surface area (Å²) >= 11 is 1.90. The third-order valence-corrected chi connectivity index (χ3v) is 4.42. The molecule has 15 heavy (non-hydrogen) atoms. The lowest BCUT2D eigenvalue weighted by Crippen LogP contribution is -2.07. The molecule has 2 heteroatoms. The van der Waals surface area contributed by atoms with Crippen LogP contribution >= 0.6 is 11.8 Å². The first kappa shape index (κ1) is 10.7. The number of aryl methyl sites for hydroxylation is 1. The molecule has 0 aliphatic carbocycles. The monoisotopic (exact) mass is 219 g/mol. The zero-order valence-corrected chi connectivity index (χ0v) is 10.6. The molecule has 1 aromatic rings. The summed E-state index contributed by atoms with van der Waals surface area (Å²) in [5, 5.41) is 1.73. The van der Waals surface area contributed by atoms with Crippen molar-refractivity contribution in [2.45, 2.75) is 39.0 Å². The fourth-order valence-corrected chi connectivity index (χ4v) is 3.31. The van der Waals surface area contributed by atoms with Gasteiger partial charge in [-0.3, -0.25) is 4.99 Å². The van der Waals surface area contributed by atoms with Crippen LogP contribution in [0.25, 0.3) is 0 Å². The van der Waals surface area contributed by atoms with Gasteiger partial charge in [-0.15, -0.1) is 11.8 Å². The molecule has 80 valence electrons. The number of rotatable bonds is 1. The molecular formula is C13H17NS. The average molecular weight is 219 g/mol. The number of benzene rings is 1. The fourth-order valence-electron chi connectivity index (χ4n) is 2.07. The van der Waals surface area contributed by atoms with E-state index in [1.54, 1.807) is 0 Å². The highest BCUT2D eigenvalue weighted by atomic mass is 32.2. The van der Waals surface area contributed by atoms with E-state index in [9.17, 15) is 0 Å². The van der Waals surface area contributed by atoms with Gasteiger partial charge in [-0.2, -0.15) is 0 Å². The van der Waals surface area contributed by atoms with Gasteiger partial charge in [0.05, 0.1) is 16.3 Å². The zero-order valence-electron chi connectivity index (χ0n) is 9.74. The first-order valence-electron chi connectivity index (χ1n) is 5.37. The van der Waals surface area contributed by atoms with E-state index in [-0.39, 0.29) is 0 Å². The van der Waals surface area contributed by atoms with Gasteiger partial charge >= 0.3 is 0 Å². The molecule has 1 nitrogen and oxygen atoms in total. The number of aliphatic imine (C=N–C) groups is 1. The summed E-state index contributed by atoms with van der Waals surface area (Å²) < 4.78 is 0. The first-order chi connectivity index (χ1) is 7.09. The Kier molecular flexibility index (Phi) is 2.87. The van der Waals surface area contributed by atoms with Crippen molar-refractivity contribution in [3.05, 3.63) is 34.9 Å². The summed E-state index contributed by atoms with van der Waals surface area (Å²) in [5.41, 5.74) is 4.25. The maximum Gasteiger partial charge on any atom is 0.0655 e. The van der Waals surface area contributed by atoms with Crippen molar-refractivity contribution in [2.75, 3.05) is 0 Å². The van der Waals surface area contributed by atoms with Crippen LogP contribution in [0.2, 0.25) is 0 Å². The third kappa shape index (κ3) is 1.96. The van der Waals surface area contributed by atoms with Gasteiger partial charge in [0, 0.05) is 0 Å². The van der Waals surface area contributed by atoms with Crippen LogP contribution in [-0.4, -0.2) is 11.1 Å². The molecule has 0 spiro atoms. The molecule has 0 radical (unpaired) electrons. The molecule has 1 aliphatic rings. The molecule has 0 bridgehead atoms. The standard InChI is InChI=1S/C13H17NS/c1-8-6-5-7-12(9(8)2)13-10(3)14-11(4)15-13/h5-7,10,13H,1-4H3/t10-,13?/m1/s1. The first-order valence-corrected chi connectivity index (χ1v) is 6.24. The summed E-state index contributed by atoms with van der Waals surface area (Å²) in [6, 6.07) is 6.98. The Morgan fingerprint density at radius 3 is 2.53 bits per heavy atom. The molecule has 0 saturated heterocycles. The van der Waals surface area contributed by atoms with Gasteiger partial charge in [0.2, 0.25) is 0 Å². The van der Waals surface area contributed by atoms with E-state index >= 15 is 0 Å². The molecule has 0 saturated carbocycles. The van der Waals surface area contributed by atoms with Gasteiger partial charge < -0.3 is 0 Å². The summed E-state index contributed by atoms with van der Waals surface area (Å²) in [4.78, 5) is 4.60. The summed E-state index contributed by atoms with van der Waals surface area (Å²) in [6.45, 7) is 8.70. The van der Waals surface area contributed by atoms with E-state index < -0.39 is 0 Å². The Hall–Kier alpha value is -0.760. The van der Waals surface area contributed by atoms with Crippen molar-refractivity contribution in [3.63, 3.8) is 0 Å². The Bertz CT molecular complexity index is 409. The lowest BCUT2D eigenvalue weighted by atomic mass is 9.98. The van der Waals surface area contributed by atoms with Crippen molar-refractivity contribution in [2.24, 2.45) is 4.99 Å². The molecule has 0 fully saturated rings. The number of thioether (sulfide) groups is 1. The Labute approximate surface area is 96.0 Å². The predicted molar refractivity (Wildman–Crippen MR) is 68.8 cm³/mol. The second-order valence-corrected chi connectivity index (χ2v) is 5.55. The van der Waals surface area contributed by atoms with E-state index in [0.29, 0.717) is 11.3 Å². The third-order valence-electron chi connectivity index (χ3n) is 3.07. The summed E-state index contributed by atoms with van der Waals surface area (Å²) in [5.74, 6) is 0. The van der Waals surface area contributed by atoms with Gasteiger partial charge in [-0.05, 0) is 44.4 Å². The van der Waals surface area contributed by atoms with Gasteiger partial charge in [0.15, 0.2) is 0 Å². The molecule has 1 aromatic carbocycles. The fraction of sp³-hybridized carbons (Fsp3) is 0.462. The normalized spacial score (nSPS) is 25.5. The van der Waals surface area contributed by atoms with Crippen LogP contribution < -0.4 is 0 Å². The predicted octanol–water partition coefficient (Wildman–Crippen LogP) is 3.90. The van der Waals surface area contributed by atoms with Crippen LogP contribution in [0.3, 0.4) is 0 Å². The maximum absolute atomic E-state index is 4.60. The zero-order chi connectivity index (χ0) is 11.0. The van der Waals surface area contributed by atoms with E-state index in [1.165, 1.54) is 21.7 Å². The Morgan fingerprint density at radius 1 is 1.20 bits per heavy atom. The average Bonchev–Trinajstić information content (AvgIpc) is 2.50. The van der Waals surface area contributed by atoms with E-state index in [2.05, 4.69) is 50.9 Å². The van der Waals surface area contributed by atoms with Gasteiger partial charge in [0.25, 0.3) is 0 Å². The second-order valence-electron chi connectivity index (χ2n) is 4.22. The molecule has 2 rings (SSSR count). The highest BCUT2D eigenvalue weighted by molar-refractivity contribution is 8.14. The van der Waals surface area contributed by atoms with E-state index in [0.717, 1.165) is 0 Å². The second kappa shape index (κ2) is 4.01. The minimum Gasteiger partial charge on any atom is -0.279 e. The topological polar surface area (TPSA) is 12.4 Å². The quantitative estimate of drug-likeness (QED) is 0.698. The lowest BCUT2D eigenvalue weighted by molar-refractivity contribution is 0.735. The highest BCUT2D eigenvalue weighted by Crippen LogP contribution is 2.41. The minimum atomic E-state index is 0.412. The van der Waals surface area contributed by atoms with Crippen molar-refractivity contribution in [1.82, 2.24) is 0 Å². The number of hydrogen-bond donors (Lipinski definition) is 0. The van der Waals surface area contributed by atoms with Crippen LogP contribution in [0, 0.1) is 13.8 Å². The molecule has 0 amide bonds. The minimum absolute atomic E-state index is 0.412. The van der Waals surface area contributed by atoms with Gasteiger partial charge in [-0.25, -0.2) is 0 Å². The van der Waals surface area contributed by atoms with Crippen molar-refractivity contribution in [3.8, 4) is 0 Å². The summed E-state index contributed by atoms with van der Waals surface area (Å²) in [6.07, 6.45) is 0. The van der Waals surface area contributed by atoms with E-state index in [4.69, 9.17) is 0 Å². The number of hydrogen-bond acceptors (Lipinski definition) is 2. The number of nitrogens with zero attached hydrogens (tertiary/aromatic N) is 1. The van der Waals surface area contributed by atoms with Crippen LogP contribution in [0.1, 0.15) is 35.8 Å². The maximum atomic E-state index is 4.60. The van der Waals surface area contributed by atoms with Crippen LogP contribution in [0.15, 0.2) is 23.2 Å². The van der Waals surface area contributed by atoms with Crippen LogP contribution in [-0.2, 0) is 0 Å². The molecule has 0 N–H and O–H groups in total. The van der Waals surface area contributed by atoms with Gasteiger partial charge in [0.1, 0.15) is 0 Å². The van der Waals surface area contributed by atoms with Crippen molar-refractivity contribution < 1.29 is 0 Å². The van der Waals surface area contributed by atoms with Crippen LogP contribution in [0.4, 0.5) is 0 Å². The molecular weight excluding hydrogens is 202 g/mol. The van der Waals surface area contributed by atoms with Crippen molar-refractivity contribution >= 4 is 16.8 Å². The SMILES string of the molecule is CC1=N[C@H](C)C(c2cccc(C)c2C)S1.